The van der Waals surface area contributed by atoms with Crippen molar-refractivity contribution in [3.05, 3.63) is 29.8 Å². The van der Waals surface area contributed by atoms with Crippen molar-refractivity contribution >= 4 is 0 Å². The molecule has 1 N–H and O–H groups in total. The first-order chi connectivity index (χ1) is 9.95. The Hall–Kier alpha value is -1.06. The molecule has 0 bridgehead atoms. The fourth-order valence-electron chi connectivity index (χ4n) is 2.74. The van der Waals surface area contributed by atoms with E-state index in [0.29, 0.717) is 6.04 Å². The third-order valence-electron chi connectivity index (χ3n) is 4.07. The van der Waals surface area contributed by atoms with Crippen molar-refractivity contribution in [3.8, 4) is 5.75 Å². The largest absolute Gasteiger partial charge is 0.492 e. The van der Waals surface area contributed by atoms with E-state index in [9.17, 15) is 0 Å². The van der Waals surface area contributed by atoms with Crippen LogP contribution in [0, 0.1) is 0 Å². The minimum Gasteiger partial charge on any atom is -0.492 e. The number of rotatable bonds is 4. The molecule has 0 aromatic heterocycles. The highest BCUT2D eigenvalue weighted by Crippen LogP contribution is 2.24. The number of hydrogen-bond acceptors (Lipinski definition) is 3. The zero-order valence-corrected chi connectivity index (χ0v) is 14.0. The fourth-order valence-corrected chi connectivity index (χ4v) is 2.74. The molecule has 1 aliphatic rings. The minimum atomic E-state index is 0.202. The quantitative estimate of drug-likeness (QED) is 0.922. The van der Waals surface area contributed by atoms with Gasteiger partial charge in [0.2, 0.25) is 0 Å². The van der Waals surface area contributed by atoms with Gasteiger partial charge in [-0.2, -0.15) is 0 Å². The van der Waals surface area contributed by atoms with Crippen molar-refractivity contribution < 1.29 is 4.74 Å². The maximum absolute atomic E-state index is 5.89. The van der Waals surface area contributed by atoms with Gasteiger partial charge in [0.25, 0.3) is 0 Å². The molecule has 1 aromatic carbocycles. The van der Waals surface area contributed by atoms with E-state index in [4.69, 9.17) is 4.74 Å². The molecule has 1 aliphatic heterocycles. The summed E-state index contributed by atoms with van der Waals surface area (Å²) in [5, 5.41) is 3.52. The molecule has 118 valence electrons. The van der Waals surface area contributed by atoms with Gasteiger partial charge in [-0.3, -0.25) is 4.90 Å². The second kappa shape index (κ2) is 7.28. The first-order valence-corrected chi connectivity index (χ1v) is 8.14. The van der Waals surface area contributed by atoms with Gasteiger partial charge in [0.05, 0.1) is 0 Å². The van der Waals surface area contributed by atoms with Crippen molar-refractivity contribution in [1.29, 1.82) is 0 Å². The number of nitrogens with one attached hydrogen (secondary N) is 1. The first-order valence-electron chi connectivity index (χ1n) is 8.14. The van der Waals surface area contributed by atoms with E-state index < -0.39 is 0 Å². The monoisotopic (exact) mass is 290 g/mol. The highest BCUT2D eigenvalue weighted by atomic mass is 16.5. The molecule has 2 rings (SSSR count). The minimum absolute atomic E-state index is 0.202. The average molecular weight is 290 g/mol. The molecule has 0 radical (unpaired) electrons. The maximum atomic E-state index is 5.89. The van der Waals surface area contributed by atoms with Crippen LogP contribution in [0.25, 0.3) is 0 Å². The third-order valence-corrected chi connectivity index (χ3v) is 4.07. The van der Waals surface area contributed by atoms with E-state index in [1.165, 1.54) is 18.5 Å². The fraction of sp³-hybridized carbons (Fsp3) is 0.667. The molecule has 1 heterocycles. The molecular weight excluding hydrogens is 260 g/mol. The lowest BCUT2D eigenvalue weighted by molar-refractivity contribution is 0.208. The number of ether oxygens (including phenoxy) is 1. The van der Waals surface area contributed by atoms with E-state index in [0.717, 1.165) is 32.0 Å². The standard InChI is InChI=1S/C18H30N2O/c1-15-14-20(11-5-10-19-15)12-13-21-17-8-6-16(7-9-17)18(2,3)4/h6-9,15,19H,5,10-14H2,1-4H3. The summed E-state index contributed by atoms with van der Waals surface area (Å²) in [6.07, 6.45) is 1.23. The molecule has 0 spiro atoms. The van der Waals surface area contributed by atoms with Gasteiger partial charge in [-0.25, -0.2) is 0 Å². The molecule has 1 unspecified atom stereocenters. The smallest absolute Gasteiger partial charge is 0.119 e. The lowest BCUT2D eigenvalue weighted by atomic mass is 9.87. The highest BCUT2D eigenvalue weighted by molar-refractivity contribution is 5.31. The molecule has 1 atom stereocenters. The Bertz CT molecular complexity index is 422. The Labute approximate surface area is 129 Å². The van der Waals surface area contributed by atoms with E-state index in [1.807, 2.05) is 0 Å². The van der Waals surface area contributed by atoms with Crippen molar-refractivity contribution in [1.82, 2.24) is 10.2 Å². The van der Waals surface area contributed by atoms with Crippen molar-refractivity contribution in [3.63, 3.8) is 0 Å². The molecule has 1 saturated heterocycles. The van der Waals surface area contributed by atoms with Crippen LogP contribution in [-0.4, -0.2) is 43.7 Å². The third kappa shape index (κ3) is 5.33. The van der Waals surface area contributed by atoms with Crippen LogP contribution in [0.5, 0.6) is 5.75 Å². The molecular formula is C18H30N2O. The summed E-state index contributed by atoms with van der Waals surface area (Å²) in [6.45, 7) is 14.1. The Balaban J connectivity index is 1.78. The van der Waals surface area contributed by atoms with Gasteiger partial charge in [-0.1, -0.05) is 32.9 Å². The van der Waals surface area contributed by atoms with Crippen LogP contribution in [0.2, 0.25) is 0 Å². The lowest BCUT2D eigenvalue weighted by Gasteiger charge is -2.22. The summed E-state index contributed by atoms with van der Waals surface area (Å²) >= 11 is 0. The number of hydrogen-bond donors (Lipinski definition) is 1. The summed E-state index contributed by atoms with van der Waals surface area (Å²) in [5.74, 6) is 0.976. The predicted molar refractivity (Wildman–Crippen MR) is 89.2 cm³/mol. The molecule has 0 amide bonds. The summed E-state index contributed by atoms with van der Waals surface area (Å²) in [5.41, 5.74) is 1.55. The van der Waals surface area contributed by atoms with Gasteiger partial charge < -0.3 is 10.1 Å². The second-order valence-corrected chi connectivity index (χ2v) is 7.13. The van der Waals surface area contributed by atoms with Crippen LogP contribution >= 0.6 is 0 Å². The van der Waals surface area contributed by atoms with Gasteiger partial charge in [0, 0.05) is 19.1 Å². The van der Waals surface area contributed by atoms with E-state index in [2.05, 4.69) is 62.2 Å². The molecule has 3 heteroatoms. The van der Waals surface area contributed by atoms with E-state index in [-0.39, 0.29) is 5.41 Å². The van der Waals surface area contributed by atoms with Crippen molar-refractivity contribution in [2.45, 2.75) is 45.6 Å². The lowest BCUT2D eigenvalue weighted by Crippen LogP contribution is -2.37. The van der Waals surface area contributed by atoms with Crippen LogP contribution in [0.1, 0.15) is 39.7 Å². The second-order valence-electron chi connectivity index (χ2n) is 7.13. The zero-order valence-electron chi connectivity index (χ0n) is 14.0. The van der Waals surface area contributed by atoms with Crippen molar-refractivity contribution in [2.24, 2.45) is 0 Å². The van der Waals surface area contributed by atoms with Gasteiger partial charge in [-0.05, 0) is 49.5 Å². The molecule has 1 fully saturated rings. The van der Waals surface area contributed by atoms with Crippen LogP contribution in [0.15, 0.2) is 24.3 Å². The maximum Gasteiger partial charge on any atom is 0.119 e. The Morgan fingerprint density at radius 2 is 1.95 bits per heavy atom. The molecule has 0 aliphatic carbocycles. The molecule has 3 nitrogen and oxygen atoms in total. The molecule has 1 aromatic rings. The van der Waals surface area contributed by atoms with E-state index in [1.54, 1.807) is 0 Å². The summed E-state index contributed by atoms with van der Waals surface area (Å²) < 4.78 is 5.89. The van der Waals surface area contributed by atoms with Gasteiger partial charge >= 0.3 is 0 Å². The van der Waals surface area contributed by atoms with Crippen LogP contribution in [0.3, 0.4) is 0 Å². The Morgan fingerprint density at radius 1 is 1.24 bits per heavy atom. The zero-order chi connectivity index (χ0) is 15.3. The summed E-state index contributed by atoms with van der Waals surface area (Å²) in [6, 6.07) is 9.11. The topological polar surface area (TPSA) is 24.5 Å². The normalized spacial score (nSPS) is 21.0. The highest BCUT2D eigenvalue weighted by Gasteiger charge is 2.14. The van der Waals surface area contributed by atoms with Crippen molar-refractivity contribution in [2.75, 3.05) is 32.8 Å². The number of nitrogens with zero attached hydrogens (tertiary/aromatic N) is 1. The SMILES string of the molecule is CC1CN(CCOc2ccc(C(C)(C)C)cc2)CCCN1. The van der Waals surface area contributed by atoms with Gasteiger partial charge in [-0.15, -0.1) is 0 Å². The molecule has 21 heavy (non-hydrogen) atoms. The van der Waals surface area contributed by atoms with E-state index >= 15 is 0 Å². The molecule has 0 saturated carbocycles. The van der Waals surface area contributed by atoms with Crippen LogP contribution in [-0.2, 0) is 5.41 Å². The van der Waals surface area contributed by atoms with Crippen LogP contribution < -0.4 is 10.1 Å². The Kier molecular flexibility index (Phi) is 5.65. The van der Waals surface area contributed by atoms with Gasteiger partial charge in [0.15, 0.2) is 0 Å². The first kappa shape index (κ1) is 16.3. The number of benzene rings is 1. The summed E-state index contributed by atoms with van der Waals surface area (Å²) in [7, 11) is 0. The predicted octanol–water partition coefficient (Wildman–Crippen LogP) is 3.05. The average Bonchev–Trinajstić information content (AvgIpc) is 2.63. The Morgan fingerprint density at radius 3 is 2.62 bits per heavy atom. The summed E-state index contributed by atoms with van der Waals surface area (Å²) in [4.78, 5) is 2.49. The van der Waals surface area contributed by atoms with Gasteiger partial charge in [0.1, 0.15) is 12.4 Å². The van der Waals surface area contributed by atoms with Crippen LogP contribution in [0.4, 0.5) is 0 Å².